The van der Waals surface area contributed by atoms with Crippen LogP contribution in [0.1, 0.15) is 22.3 Å². The van der Waals surface area contributed by atoms with E-state index in [9.17, 15) is 4.79 Å². The van der Waals surface area contributed by atoms with Gasteiger partial charge in [0.2, 0.25) is 0 Å². The van der Waals surface area contributed by atoms with E-state index in [-0.39, 0.29) is 6.03 Å². The predicted octanol–water partition coefficient (Wildman–Crippen LogP) is 3.85. The lowest BCUT2D eigenvalue weighted by Gasteiger charge is -2.15. The average molecular weight is 389 g/mol. The first-order valence-electron chi connectivity index (χ1n) is 8.89. The maximum absolute atomic E-state index is 12.5. The van der Waals surface area contributed by atoms with Gasteiger partial charge in [-0.1, -0.05) is 11.6 Å². The molecule has 0 fully saturated rings. The number of hydrogen-bond acceptors (Lipinski definition) is 4. The van der Waals surface area contributed by atoms with E-state index in [1.165, 1.54) is 7.11 Å². The molecule has 0 saturated carbocycles. The summed E-state index contributed by atoms with van der Waals surface area (Å²) in [6.45, 7) is 3.58. The first kappa shape index (κ1) is 17.8. The van der Waals surface area contributed by atoms with Crippen molar-refractivity contribution >= 4 is 23.3 Å². The van der Waals surface area contributed by atoms with Crippen LogP contribution in [0.2, 0.25) is 5.02 Å². The number of aryl methyl sites for hydroxylation is 1. The molecule has 0 atom stereocenters. The Morgan fingerprint density at radius 3 is 2.85 bits per heavy atom. The number of nitrogens with one attached hydrogen (secondary N) is 2. The fraction of sp³-hybridized carbons (Fsp3) is 0.350. The van der Waals surface area contributed by atoms with E-state index in [0.717, 1.165) is 46.6 Å². The molecule has 0 spiro atoms. The van der Waals surface area contributed by atoms with Crippen molar-refractivity contribution in [2.75, 3.05) is 25.6 Å². The molecule has 2 aliphatic rings. The molecule has 2 aromatic rings. The maximum Gasteiger partial charge on any atom is 0.319 e. The van der Waals surface area contributed by atoms with Gasteiger partial charge in [0.15, 0.2) is 0 Å². The van der Waals surface area contributed by atoms with Crippen LogP contribution in [-0.4, -0.2) is 26.4 Å². The van der Waals surface area contributed by atoms with Crippen LogP contribution in [0.25, 0.3) is 0 Å². The van der Waals surface area contributed by atoms with Crippen LogP contribution in [-0.2, 0) is 19.4 Å². The number of methoxy groups -OCH3 is 1. The van der Waals surface area contributed by atoms with Crippen molar-refractivity contribution in [3.63, 3.8) is 0 Å². The van der Waals surface area contributed by atoms with Crippen LogP contribution >= 0.6 is 11.6 Å². The quantitative estimate of drug-likeness (QED) is 0.834. The molecule has 2 aliphatic heterocycles. The predicted molar refractivity (Wildman–Crippen MR) is 103 cm³/mol. The summed E-state index contributed by atoms with van der Waals surface area (Å²) in [6, 6.07) is 5.22. The summed E-state index contributed by atoms with van der Waals surface area (Å²) in [5.41, 5.74) is 4.70. The second kappa shape index (κ2) is 7.19. The van der Waals surface area contributed by atoms with Crippen molar-refractivity contribution in [1.29, 1.82) is 0 Å². The van der Waals surface area contributed by atoms with Gasteiger partial charge in [0.1, 0.15) is 17.2 Å². The molecule has 2 aromatic carbocycles. The van der Waals surface area contributed by atoms with Crippen molar-refractivity contribution in [3.05, 3.63) is 45.5 Å². The van der Waals surface area contributed by atoms with Gasteiger partial charge in [-0.2, -0.15) is 0 Å². The third-order valence-electron chi connectivity index (χ3n) is 4.91. The van der Waals surface area contributed by atoms with Gasteiger partial charge in [-0.3, -0.25) is 0 Å². The SMILES string of the molecule is COc1cc(Cl)c(C)cc1NC(=O)NCc1c2c(cc3c1OCC3)OCC2. The number of rotatable bonds is 4. The summed E-state index contributed by atoms with van der Waals surface area (Å²) in [6.07, 6.45) is 1.70. The number of amides is 2. The Morgan fingerprint density at radius 1 is 1.22 bits per heavy atom. The largest absolute Gasteiger partial charge is 0.495 e. The van der Waals surface area contributed by atoms with Crippen LogP contribution in [0.15, 0.2) is 18.2 Å². The Labute approximate surface area is 162 Å². The van der Waals surface area contributed by atoms with E-state index in [2.05, 4.69) is 16.7 Å². The van der Waals surface area contributed by atoms with Crippen molar-refractivity contribution in [2.45, 2.75) is 26.3 Å². The van der Waals surface area contributed by atoms with Gasteiger partial charge in [0.25, 0.3) is 0 Å². The van der Waals surface area contributed by atoms with Crippen LogP contribution in [0, 0.1) is 6.92 Å². The summed E-state index contributed by atoms with van der Waals surface area (Å²) in [5.74, 6) is 2.31. The van der Waals surface area contributed by atoms with Crippen LogP contribution in [0.3, 0.4) is 0 Å². The Balaban J connectivity index is 1.51. The first-order valence-corrected chi connectivity index (χ1v) is 9.27. The molecule has 0 unspecified atom stereocenters. The van der Waals surface area contributed by atoms with Gasteiger partial charge in [-0.25, -0.2) is 4.79 Å². The number of carbonyl (C=O) groups excluding carboxylic acids is 1. The molecule has 142 valence electrons. The molecule has 0 aromatic heterocycles. The molecule has 0 bridgehead atoms. The second-order valence-corrected chi connectivity index (χ2v) is 7.03. The normalized spacial score (nSPS) is 14.0. The molecular formula is C20H21ClN2O4. The average Bonchev–Trinajstić information content (AvgIpc) is 3.30. The Bertz CT molecular complexity index is 881. The minimum atomic E-state index is -0.321. The van der Waals surface area contributed by atoms with Gasteiger partial charge >= 0.3 is 6.03 Å². The van der Waals surface area contributed by atoms with Gasteiger partial charge in [-0.05, 0) is 24.6 Å². The minimum absolute atomic E-state index is 0.321. The van der Waals surface area contributed by atoms with Crippen molar-refractivity contribution < 1.29 is 19.0 Å². The summed E-state index contributed by atoms with van der Waals surface area (Å²) in [7, 11) is 1.54. The first-order chi connectivity index (χ1) is 13.1. The summed E-state index contributed by atoms with van der Waals surface area (Å²) in [5, 5.41) is 6.34. The number of anilines is 1. The molecule has 6 nitrogen and oxygen atoms in total. The standard InChI is InChI=1S/C20H21ClN2O4/c1-11-7-16(18(25-2)9-15(11)21)23-20(24)22-10-14-13-4-6-26-17(13)8-12-3-5-27-19(12)14/h7-9H,3-6,10H2,1-2H3,(H2,22,23,24). The number of carbonyl (C=O) groups is 1. The molecule has 0 aliphatic carbocycles. The van der Waals surface area contributed by atoms with Gasteiger partial charge in [0, 0.05) is 47.2 Å². The zero-order valence-corrected chi connectivity index (χ0v) is 16.0. The number of benzene rings is 2. The van der Waals surface area contributed by atoms with Gasteiger partial charge in [0.05, 0.1) is 26.0 Å². The van der Waals surface area contributed by atoms with E-state index in [1.807, 2.05) is 6.92 Å². The van der Waals surface area contributed by atoms with E-state index < -0.39 is 0 Å². The highest BCUT2D eigenvalue weighted by atomic mass is 35.5. The lowest BCUT2D eigenvalue weighted by molar-refractivity contribution is 0.251. The lowest BCUT2D eigenvalue weighted by atomic mass is 9.99. The minimum Gasteiger partial charge on any atom is -0.495 e. The Hall–Kier alpha value is -2.60. The van der Waals surface area contributed by atoms with Crippen molar-refractivity contribution in [1.82, 2.24) is 5.32 Å². The summed E-state index contributed by atoms with van der Waals surface area (Å²) in [4.78, 5) is 12.5. The van der Waals surface area contributed by atoms with Crippen molar-refractivity contribution in [2.24, 2.45) is 0 Å². The summed E-state index contributed by atoms with van der Waals surface area (Å²) < 4.78 is 16.8. The third-order valence-corrected chi connectivity index (χ3v) is 5.32. The van der Waals surface area contributed by atoms with Crippen LogP contribution in [0.5, 0.6) is 17.2 Å². The molecule has 2 heterocycles. The molecule has 4 rings (SSSR count). The zero-order chi connectivity index (χ0) is 19.0. The summed E-state index contributed by atoms with van der Waals surface area (Å²) >= 11 is 6.12. The number of urea groups is 1. The van der Waals surface area contributed by atoms with Crippen LogP contribution < -0.4 is 24.8 Å². The highest BCUT2D eigenvalue weighted by Gasteiger charge is 2.26. The Kier molecular flexibility index (Phi) is 4.74. The molecular weight excluding hydrogens is 368 g/mol. The third kappa shape index (κ3) is 3.37. The maximum atomic E-state index is 12.5. The number of ether oxygens (including phenoxy) is 3. The van der Waals surface area contributed by atoms with Gasteiger partial charge < -0.3 is 24.8 Å². The lowest BCUT2D eigenvalue weighted by Crippen LogP contribution is -2.29. The topological polar surface area (TPSA) is 68.8 Å². The molecule has 0 saturated heterocycles. The van der Waals surface area contributed by atoms with E-state index in [0.29, 0.717) is 36.2 Å². The van der Waals surface area contributed by atoms with Gasteiger partial charge in [-0.15, -0.1) is 0 Å². The monoisotopic (exact) mass is 388 g/mol. The molecule has 2 N–H and O–H groups in total. The molecule has 7 heteroatoms. The fourth-order valence-electron chi connectivity index (χ4n) is 3.54. The van der Waals surface area contributed by atoms with E-state index in [1.54, 1.807) is 12.1 Å². The molecule has 2 amide bonds. The highest BCUT2D eigenvalue weighted by Crippen LogP contribution is 2.40. The smallest absolute Gasteiger partial charge is 0.319 e. The highest BCUT2D eigenvalue weighted by molar-refractivity contribution is 6.31. The number of halogens is 1. The van der Waals surface area contributed by atoms with E-state index >= 15 is 0 Å². The Morgan fingerprint density at radius 2 is 2.04 bits per heavy atom. The fourth-order valence-corrected chi connectivity index (χ4v) is 3.69. The number of hydrogen-bond donors (Lipinski definition) is 2. The zero-order valence-electron chi connectivity index (χ0n) is 15.3. The van der Waals surface area contributed by atoms with E-state index in [4.69, 9.17) is 25.8 Å². The number of fused-ring (bicyclic) bond motifs is 2. The molecule has 0 radical (unpaired) electrons. The van der Waals surface area contributed by atoms with Crippen LogP contribution in [0.4, 0.5) is 10.5 Å². The van der Waals surface area contributed by atoms with Crippen molar-refractivity contribution in [3.8, 4) is 17.2 Å². The molecule has 27 heavy (non-hydrogen) atoms. The second-order valence-electron chi connectivity index (χ2n) is 6.63.